The molecule has 0 spiro atoms. The molecule has 3 aromatic rings. The summed E-state index contributed by atoms with van der Waals surface area (Å²) in [6.45, 7) is 3.52. The van der Waals surface area contributed by atoms with Crippen LogP contribution in [-0.4, -0.2) is 49.7 Å². The van der Waals surface area contributed by atoms with Gasteiger partial charge < -0.3 is 14.5 Å². The Balaban J connectivity index is 1.71. The van der Waals surface area contributed by atoms with Gasteiger partial charge >= 0.3 is 0 Å². The van der Waals surface area contributed by atoms with Gasteiger partial charge in [0.15, 0.2) is 0 Å². The monoisotopic (exact) mass is 314 g/mol. The van der Waals surface area contributed by atoms with E-state index < -0.39 is 0 Å². The Kier molecular flexibility index (Phi) is 3.26. The Morgan fingerprint density at radius 2 is 2.22 bits per heavy atom. The van der Waals surface area contributed by atoms with Gasteiger partial charge in [0.05, 0.1) is 11.9 Å². The molecule has 0 aliphatic carbocycles. The van der Waals surface area contributed by atoms with Gasteiger partial charge in [-0.1, -0.05) is 5.16 Å². The van der Waals surface area contributed by atoms with Crippen LogP contribution in [0.1, 0.15) is 17.2 Å². The van der Waals surface area contributed by atoms with E-state index >= 15 is 0 Å². The molecule has 8 heteroatoms. The number of anilines is 1. The van der Waals surface area contributed by atoms with E-state index in [0.717, 1.165) is 35.6 Å². The van der Waals surface area contributed by atoms with E-state index in [-0.39, 0.29) is 18.4 Å². The summed E-state index contributed by atoms with van der Waals surface area (Å²) >= 11 is 0. The fourth-order valence-electron chi connectivity index (χ4n) is 3.38. The SMILES string of the molecule is Cc1noc2ncnc(N3C[C@@H](CO)[C@H](c4cnn(C)c4)C3)c12. The maximum absolute atomic E-state index is 9.78. The molecule has 1 fully saturated rings. The van der Waals surface area contributed by atoms with Gasteiger partial charge in [-0.25, -0.2) is 4.98 Å². The van der Waals surface area contributed by atoms with Crippen molar-refractivity contribution in [2.75, 3.05) is 24.6 Å². The van der Waals surface area contributed by atoms with Gasteiger partial charge in [0.1, 0.15) is 17.5 Å². The van der Waals surface area contributed by atoms with E-state index in [1.165, 1.54) is 6.33 Å². The lowest BCUT2D eigenvalue weighted by atomic mass is 9.92. The standard InChI is InChI=1S/C15H18N6O2/c1-9-13-14(16-8-17-15(13)23-19-9)21-5-11(7-22)12(6-21)10-3-18-20(2)4-10/h3-4,8,11-12,22H,5-7H2,1-2H3/t11-,12-/m0/s1. The molecule has 4 heterocycles. The van der Waals surface area contributed by atoms with E-state index in [2.05, 4.69) is 25.1 Å². The zero-order chi connectivity index (χ0) is 16.0. The van der Waals surface area contributed by atoms with Crippen molar-refractivity contribution in [3.05, 3.63) is 30.0 Å². The van der Waals surface area contributed by atoms with Crippen LogP contribution >= 0.6 is 0 Å². The molecule has 0 bridgehead atoms. The first-order valence-electron chi connectivity index (χ1n) is 7.58. The topological polar surface area (TPSA) is 93.1 Å². The van der Waals surface area contributed by atoms with Crippen LogP contribution < -0.4 is 4.90 Å². The Labute approximate surface area is 132 Å². The van der Waals surface area contributed by atoms with Crippen molar-refractivity contribution in [2.45, 2.75) is 12.8 Å². The van der Waals surface area contributed by atoms with Crippen molar-refractivity contribution in [3.8, 4) is 0 Å². The van der Waals surface area contributed by atoms with Gasteiger partial charge in [0.2, 0.25) is 0 Å². The van der Waals surface area contributed by atoms with E-state index in [9.17, 15) is 5.11 Å². The lowest BCUT2D eigenvalue weighted by molar-refractivity contribution is 0.227. The zero-order valence-electron chi connectivity index (χ0n) is 13.0. The molecule has 1 N–H and O–H groups in total. The molecule has 1 saturated heterocycles. The van der Waals surface area contributed by atoms with Gasteiger partial charge in [-0.05, 0) is 12.5 Å². The molecule has 0 radical (unpaired) electrons. The number of hydrogen-bond acceptors (Lipinski definition) is 7. The summed E-state index contributed by atoms with van der Waals surface area (Å²) in [7, 11) is 1.90. The molecule has 4 rings (SSSR count). The number of rotatable bonds is 3. The first kappa shape index (κ1) is 14.1. The Hall–Kier alpha value is -2.48. The molecule has 120 valence electrons. The summed E-state index contributed by atoms with van der Waals surface area (Å²) in [5.41, 5.74) is 2.42. The highest BCUT2D eigenvalue weighted by Crippen LogP contribution is 2.36. The van der Waals surface area contributed by atoms with Gasteiger partial charge in [0, 0.05) is 44.8 Å². The summed E-state index contributed by atoms with van der Waals surface area (Å²) in [4.78, 5) is 10.7. The van der Waals surface area contributed by atoms with Crippen molar-refractivity contribution in [3.63, 3.8) is 0 Å². The fraction of sp³-hybridized carbons (Fsp3) is 0.467. The van der Waals surface area contributed by atoms with E-state index in [4.69, 9.17) is 4.52 Å². The van der Waals surface area contributed by atoms with Crippen LogP contribution in [0.25, 0.3) is 11.1 Å². The third kappa shape index (κ3) is 2.26. The normalized spacial score (nSPS) is 21.4. The van der Waals surface area contributed by atoms with Crippen molar-refractivity contribution in [1.82, 2.24) is 24.9 Å². The molecule has 23 heavy (non-hydrogen) atoms. The van der Waals surface area contributed by atoms with Crippen LogP contribution in [0.5, 0.6) is 0 Å². The molecule has 8 nitrogen and oxygen atoms in total. The van der Waals surface area contributed by atoms with Gasteiger partial charge in [-0.2, -0.15) is 10.1 Å². The number of nitrogens with zero attached hydrogens (tertiary/aromatic N) is 6. The third-order valence-corrected chi connectivity index (χ3v) is 4.55. The lowest BCUT2D eigenvalue weighted by Crippen LogP contribution is -2.22. The molecular formula is C15H18N6O2. The van der Waals surface area contributed by atoms with Gasteiger partial charge in [0.25, 0.3) is 5.71 Å². The molecule has 1 aliphatic rings. The number of aliphatic hydroxyl groups is 1. The third-order valence-electron chi connectivity index (χ3n) is 4.55. The maximum Gasteiger partial charge on any atom is 0.263 e. The second kappa shape index (κ2) is 5.31. The average molecular weight is 314 g/mol. The lowest BCUT2D eigenvalue weighted by Gasteiger charge is -2.17. The van der Waals surface area contributed by atoms with Crippen LogP contribution in [0.4, 0.5) is 5.82 Å². The quantitative estimate of drug-likeness (QED) is 0.766. The minimum Gasteiger partial charge on any atom is -0.396 e. The second-order valence-electron chi connectivity index (χ2n) is 6.05. The van der Waals surface area contributed by atoms with Crippen molar-refractivity contribution >= 4 is 16.9 Å². The van der Waals surface area contributed by atoms with Crippen LogP contribution in [0, 0.1) is 12.8 Å². The summed E-state index contributed by atoms with van der Waals surface area (Å²) in [6.07, 6.45) is 5.38. The van der Waals surface area contributed by atoms with Crippen LogP contribution in [0.3, 0.4) is 0 Å². The van der Waals surface area contributed by atoms with Crippen LogP contribution in [0.15, 0.2) is 23.2 Å². The predicted molar refractivity (Wildman–Crippen MR) is 83.1 cm³/mol. The second-order valence-corrected chi connectivity index (χ2v) is 6.05. The van der Waals surface area contributed by atoms with E-state index in [1.807, 2.05) is 26.4 Å². The van der Waals surface area contributed by atoms with Gasteiger partial charge in [-0.15, -0.1) is 0 Å². The number of aryl methyl sites for hydroxylation is 2. The van der Waals surface area contributed by atoms with Crippen molar-refractivity contribution < 1.29 is 9.63 Å². The summed E-state index contributed by atoms with van der Waals surface area (Å²) in [5.74, 6) is 1.18. The number of aromatic nitrogens is 5. The average Bonchev–Trinajstić information content (AvgIpc) is 3.25. The van der Waals surface area contributed by atoms with Crippen molar-refractivity contribution in [2.24, 2.45) is 13.0 Å². The molecule has 0 amide bonds. The first-order chi connectivity index (χ1) is 11.2. The molecule has 0 saturated carbocycles. The Morgan fingerprint density at radius 3 is 2.96 bits per heavy atom. The van der Waals surface area contributed by atoms with Crippen molar-refractivity contribution in [1.29, 1.82) is 0 Å². The first-order valence-corrected chi connectivity index (χ1v) is 7.58. The maximum atomic E-state index is 9.78. The fourth-order valence-corrected chi connectivity index (χ4v) is 3.38. The van der Waals surface area contributed by atoms with Gasteiger partial charge in [-0.3, -0.25) is 4.68 Å². The molecule has 0 aromatic carbocycles. The highest BCUT2D eigenvalue weighted by atomic mass is 16.5. The minimum absolute atomic E-state index is 0.132. The Bertz CT molecular complexity index is 841. The highest BCUT2D eigenvalue weighted by molar-refractivity contribution is 5.88. The molecular weight excluding hydrogens is 296 g/mol. The number of fused-ring (bicyclic) bond motifs is 1. The van der Waals surface area contributed by atoms with Crippen LogP contribution in [-0.2, 0) is 7.05 Å². The smallest absolute Gasteiger partial charge is 0.263 e. The number of hydrogen-bond donors (Lipinski definition) is 1. The molecule has 2 atom stereocenters. The largest absolute Gasteiger partial charge is 0.396 e. The summed E-state index contributed by atoms with van der Waals surface area (Å²) < 4.78 is 7.02. The Morgan fingerprint density at radius 1 is 1.35 bits per heavy atom. The summed E-state index contributed by atoms with van der Waals surface area (Å²) in [6, 6.07) is 0. The van der Waals surface area contributed by atoms with Crippen LogP contribution in [0.2, 0.25) is 0 Å². The highest BCUT2D eigenvalue weighted by Gasteiger charge is 2.36. The van der Waals surface area contributed by atoms with E-state index in [0.29, 0.717) is 5.71 Å². The minimum atomic E-state index is 0.132. The number of aliphatic hydroxyl groups excluding tert-OH is 1. The van der Waals surface area contributed by atoms with E-state index in [1.54, 1.807) is 4.68 Å². The summed E-state index contributed by atoms with van der Waals surface area (Å²) in [5, 5.41) is 18.9. The molecule has 3 aromatic heterocycles. The molecule has 0 unspecified atom stereocenters. The predicted octanol–water partition coefficient (Wildman–Crippen LogP) is 0.872. The molecule has 1 aliphatic heterocycles. The zero-order valence-corrected chi connectivity index (χ0v) is 13.0.